The highest BCUT2D eigenvalue weighted by molar-refractivity contribution is 6.69. The monoisotopic (exact) mass is 190 g/mol. The summed E-state index contributed by atoms with van der Waals surface area (Å²) >= 11 is 0. The van der Waals surface area contributed by atoms with Crippen LogP contribution in [0.15, 0.2) is 0 Å². The lowest BCUT2D eigenvalue weighted by atomic mass is 10.1. The van der Waals surface area contributed by atoms with Crippen LogP contribution in [0, 0.1) is 0 Å². The van der Waals surface area contributed by atoms with E-state index >= 15 is 0 Å². The summed E-state index contributed by atoms with van der Waals surface area (Å²) in [5.74, 6) is 0. The van der Waals surface area contributed by atoms with Gasteiger partial charge in [0.15, 0.2) is 0 Å². The molecule has 0 amide bonds. The molecule has 12 heavy (non-hydrogen) atoms. The lowest BCUT2D eigenvalue weighted by Gasteiger charge is -2.38. The molecule has 0 N–H and O–H groups in total. The summed E-state index contributed by atoms with van der Waals surface area (Å²) in [5, 5.41) is 0.200. The molecule has 0 aliphatic rings. The molecule has 3 heteroatoms. The van der Waals surface area contributed by atoms with Gasteiger partial charge < -0.3 is 8.85 Å². The first-order chi connectivity index (χ1) is 5.43. The van der Waals surface area contributed by atoms with Crippen LogP contribution in [-0.2, 0) is 8.85 Å². The van der Waals surface area contributed by atoms with Crippen molar-refractivity contribution in [1.82, 2.24) is 0 Å². The van der Waals surface area contributed by atoms with Crippen molar-refractivity contribution >= 4 is 8.56 Å². The molecule has 0 spiro atoms. The minimum Gasteiger partial charge on any atom is -0.397 e. The van der Waals surface area contributed by atoms with Crippen LogP contribution < -0.4 is 0 Å². The normalized spacial score (nSPS) is 13.5. The van der Waals surface area contributed by atoms with Gasteiger partial charge in [-0.25, -0.2) is 0 Å². The topological polar surface area (TPSA) is 18.5 Å². The average Bonchev–Trinajstić information content (AvgIpc) is 2.02. The minimum atomic E-state index is -1.95. The van der Waals surface area contributed by atoms with Gasteiger partial charge in [-0.1, -0.05) is 27.2 Å². The average molecular weight is 190 g/mol. The number of rotatable bonds is 5. The first-order valence-corrected chi connectivity index (χ1v) is 6.85. The van der Waals surface area contributed by atoms with Crippen molar-refractivity contribution in [1.29, 1.82) is 0 Å². The summed E-state index contributed by atoms with van der Waals surface area (Å²) in [6.07, 6.45) is 2.35. The lowest BCUT2D eigenvalue weighted by molar-refractivity contribution is 0.213. The van der Waals surface area contributed by atoms with Crippen LogP contribution in [-0.4, -0.2) is 22.8 Å². The molecule has 0 rings (SSSR count). The molecule has 0 saturated heterocycles. The number of hydrogen-bond acceptors (Lipinski definition) is 2. The van der Waals surface area contributed by atoms with Crippen molar-refractivity contribution < 1.29 is 8.85 Å². The molecule has 0 aliphatic carbocycles. The molecular weight excluding hydrogens is 168 g/mol. The van der Waals surface area contributed by atoms with E-state index in [-0.39, 0.29) is 5.04 Å². The van der Waals surface area contributed by atoms with E-state index in [2.05, 4.69) is 27.3 Å². The van der Waals surface area contributed by atoms with E-state index in [9.17, 15) is 0 Å². The third-order valence-corrected chi connectivity index (χ3v) is 7.15. The molecule has 0 bridgehead atoms. The fourth-order valence-corrected chi connectivity index (χ4v) is 3.46. The van der Waals surface area contributed by atoms with E-state index in [0.29, 0.717) is 0 Å². The summed E-state index contributed by atoms with van der Waals surface area (Å²) in [6, 6.07) is 0. The summed E-state index contributed by atoms with van der Waals surface area (Å²) < 4.78 is 11.0. The zero-order chi connectivity index (χ0) is 9.83. The Balaban J connectivity index is 4.46. The molecule has 0 aromatic heterocycles. The maximum atomic E-state index is 5.52. The van der Waals surface area contributed by atoms with Gasteiger partial charge in [0.05, 0.1) is 0 Å². The van der Waals surface area contributed by atoms with Crippen molar-refractivity contribution in [3.05, 3.63) is 0 Å². The van der Waals surface area contributed by atoms with E-state index in [1.165, 1.54) is 6.42 Å². The Morgan fingerprint density at radius 3 is 1.83 bits per heavy atom. The predicted molar refractivity (Wildman–Crippen MR) is 54.6 cm³/mol. The summed E-state index contributed by atoms with van der Waals surface area (Å²) in [6.45, 7) is 8.79. The van der Waals surface area contributed by atoms with Gasteiger partial charge in [0.2, 0.25) is 0 Å². The van der Waals surface area contributed by atoms with E-state index in [1.54, 1.807) is 14.2 Å². The van der Waals surface area contributed by atoms with Gasteiger partial charge >= 0.3 is 8.56 Å². The van der Waals surface area contributed by atoms with E-state index in [4.69, 9.17) is 8.85 Å². The van der Waals surface area contributed by atoms with E-state index in [0.717, 1.165) is 6.42 Å². The molecule has 0 unspecified atom stereocenters. The van der Waals surface area contributed by atoms with Crippen molar-refractivity contribution in [2.45, 2.75) is 45.2 Å². The van der Waals surface area contributed by atoms with Gasteiger partial charge in [-0.15, -0.1) is 0 Å². The molecule has 0 aliphatic heterocycles. The van der Waals surface area contributed by atoms with Crippen LogP contribution in [0.3, 0.4) is 0 Å². The van der Waals surface area contributed by atoms with Crippen molar-refractivity contribution in [3.63, 3.8) is 0 Å². The largest absolute Gasteiger partial charge is 0.397 e. The fraction of sp³-hybridized carbons (Fsp3) is 1.00. The Morgan fingerprint density at radius 1 is 1.17 bits per heavy atom. The third kappa shape index (κ3) is 2.31. The molecule has 0 atom stereocenters. The molecule has 0 radical (unpaired) electrons. The molecule has 0 heterocycles. The van der Waals surface area contributed by atoms with Crippen molar-refractivity contribution in [2.75, 3.05) is 14.2 Å². The zero-order valence-corrected chi connectivity index (χ0v) is 10.2. The van der Waals surface area contributed by atoms with Crippen molar-refractivity contribution in [3.8, 4) is 0 Å². The summed E-state index contributed by atoms with van der Waals surface area (Å²) in [4.78, 5) is 0. The molecule has 2 nitrogen and oxygen atoms in total. The van der Waals surface area contributed by atoms with Gasteiger partial charge in [-0.2, -0.15) is 0 Å². The third-order valence-electron chi connectivity index (χ3n) is 2.88. The smallest absolute Gasteiger partial charge is 0.340 e. The molecule has 0 aromatic rings. The van der Waals surface area contributed by atoms with Crippen molar-refractivity contribution in [2.24, 2.45) is 0 Å². The second-order valence-corrected chi connectivity index (χ2v) is 8.05. The standard InChI is InChI=1S/C9H22O2Si/c1-7-8-9(2,3)12(6,10-4)11-5/h7-8H2,1-6H3. The van der Waals surface area contributed by atoms with E-state index < -0.39 is 8.56 Å². The number of hydrogen-bond donors (Lipinski definition) is 0. The van der Waals surface area contributed by atoms with Gasteiger partial charge in [0.25, 0.3) is 0 Å². The Hall–Kier alpha value is 0.137. The van der Waals surface area contributed by atoms with Gasteiger partial charge in [0, 0.05) is 19.3 Å². The van der Waals surface area contributed by atoms with Gasteiger partial charge in [-0.05, 0) is 13.0 Å². The molecule has 0 fully saturated rings. The summed E-state index contributed by atoms with van der Waals surface area (Å²) in [7, 11) is 1.57. The second-order valence-electron chi connectivity index (χ2n) is 3.99. The van der Waals surface area contributed by atoms with Crippen LogP contribution in [0.1, 0.15) is 33.6 Å². The van der Waals surface area contributed by atoms with Crippen LogP contribution in [0.25, 0.3) is 0 Å². The Bertz CT molecular complexity index is 130. The maximum absolute atomic E-state index is 5.52. The second kappa shape index (κ2) is 4.39. The first-order valence-electron chi connectivity index (χ1n) is 4.54. The molecular formula is C9H22O2Si. The minimum absolute atomic E-state index is 0.200. The first kappa shape index (κ1) is 12.1. The van der Waals surface area contributed by atoms with Crippen LogP contribution >= 0.6 is 0 Å². The maximum Gasteiger partial charge on any atom is 0.340 e. The Labute approximate surface area is 77.5 Å². The van der Waals surface area contributed by atoms with Crippen LogP contribution in [0.2, 0.25) is 11.6 Å². The quantitative estimate of drug-likeness (QED) is 0.621. The molecule has 0 saturated carbocycles. The highest BCUT2D eigenvalue weighted by Gasteiger charge is 2.45. The zero-order valence-electron chi connectivity index (χ0n) is 9.23. The lowest BCUT2D eigenvalue weighted by Crippen LogP contribution is -2.46. The predicted octanol–water partition coefficient (Wildman–Crippen LogP) is 2.93. The van der Waals surface area contributed by atoms with E-state index in [1.807, 2.05) is 0 Å². The molecule has 0 aromatic carbocycles. The fourth-order valence-electron chi connectivity index (χ4n) is 1.49. The summed E-state index contributed by atoms with van der Waals surface area (Å²) in [5.41, 5.74) is 0. The van der Waals surface area contributed by atoms with Crippen LogP contribution in [0.4, 0.5) is 0 Å². The van der Waals surface area contributed by atoms with Gasteiger partial charge in [-0.3, -0.25) is 0 Å². The Kier molecular flexibility index (Phi) is 4.44. The highest BCUT2D eigenvalue weighted by atomic mass is 28.4. The SMILES string of the molecule is CCCC(C)(C)[Si](C)(OC)OC. The highest BCUT2D eigenvalue weighted by Crippen LogP contribution is 2.41. The van der Waals surface area contributed by atoms with Crippen LogP contribution in [0.5, 0.6) is 0 Å². The Morgan fingerprint density at radius 2 is 1.58 bits per heavy atom. The molecule has 74 valence electrons. The van der Waals surface area contributed by atoms with Gasteiger partial charge in [0.1, 0.15) is 0 Å².